The number of nitrogens with two attached hydrogens (primary N) is 2. The molecule has 230 valence electrons. The second kappa shape index (κ2) is 16.1. The molecule has 3 aromatic rings. The van der Waals surface area contributed by atoms with E-state index in [-0.39, 0.29) is 19.3 Å². The van der Waals surface area contributed by atoms with E-state index in [1.165, 1.54) is 11.8 Å². The Morgan fingerprint density at radius 1 is 0.930 bits per heavy atom. The van der Waals surface area contributed by atoms with Gasteiger partial charge in [0, 0.05) is 28.0 Å². The standard InChI is InChI=1S/C29H35BrN6O6S/c1-43-10-9-22(34-27(40)20(31)13-17-15-33-21-8-3-2-7-19(17)21)28(41)36-24(14-25(37)38)29(42)35-23(26(32)39)12-16-5-4-6-18(30)11-16/h2-8,11,15,20,22-24,33H,9-10,12-14,31H2,1H3,(H2,32,39)(H,34,40)(H,35,42)(H,36,41)(H,37,38)/t20-,22+,23+,24+/m1/s1. The number of primary amides is 1. The summed E-state index contributed by atoms with van der Waals surface area (Å²) in [4.78, 5) is 66.3. The normalized spacial score (nSPS) is 13.8. The zero-order valence-corrected chi connectivity index (χ0v) is 25.9. The molecule has 0 bridgehead atoms. The molecule has 0 spiro atoms. The van der Waals surface area contributed by atoms with Gasteiger partial charge in [0.25, 0.3) is 0 Å². The largest absolute Gasteiger partial charge is 0.481 e. The summed E-state index contributed by atoms with van der Waals surface area (Å²) in [7, 11) is 0. The molecule has 2 aromatic carbocycles. The number of aromatic nitrogens is 1. The summed E-state index contributed by atoms with van der Waals surface area (Å²) < 4.78 is 0.759. The number of carboxylic acids is 1. The highest BCUT2D eigenvalue weighted by Gasteiger charge is 2.31. The molecule has 0 radical (unpaired) electrons. The maximum Gasteiger partial charge on any atom is 0.305 e. The molecule has 0 saturated carbocycles. The second-order valence-corrected chi connectivity index (χ2v) is 11.9. The van der Waals surface area contributed by atoms with Crippen LogP contribution in [-0.2, 0) is 36.8 Å². The van der Waals surface area contributed by atoms with Crippen molar-refractivity contribution < 1.29 is 29.1 Å². The number of amides is 4. The summed E-state index contributed by atoms with van der Waals surface area (Å²) in [5, 5.41) is 17.9. The summed E-state index contributed by atoms with van der Waals surface area (Å²) in [6.45, 7) is 0. The molecule has 14 heteroatoms. The molecular weight excluding hydrogens is 640 g/mol. The number of fused-ring (bicyclic) bond motifs is 1. The lowest BCUT2D eigenvalue weighted by Crippen LogP contribution is -2.58. The van der Waals surface area contributed by atoms with E-state index >= 15 is 0 Å². The molecule has 0 unspecified atom stereocenters. The molecule has 12 nitrogen and oxygen atoms in total. The predicted molar refractivity (Wildman–Crippen MR) is 168 cm³/mol. The first-order valence-corrected chi connectivity index (χ1v) is 15.6. The number of carboxylic acid groups (broad SMARTS) is 1. The minimum absolute atomic E-state index is 0.0506. The van der Waals surface area contributed by atoms with Crippen LogP contribution < -0.4 is 27.4 Å². The van der Waals surface area contributed by atoms with Gasteiger partial charge in [-0.05, 0) is 54.2 Å². The van der Waals surface area contributed by atoms with Crippen LogP contribution >= 0.6 is 27.7 Å². The summed E-state index contributed by atoms with van der Waals surface area (Å²) in [5.74, 6) is -3.93. The number of aromatic amines is 1. The quantitative estimate of drug-likeness (QED) is 0.117. The number of aliphatic carboxylic acids is 1. The SMILES string of the molecule is CSCC[C@H](NC(=O)[C@H](N)Cc1c[nH]c2ccccc12)C(=O)N[C@@H](CC(=O)O)C(=O)N[C@@H](Cc1cccc(Br)c1)C(N)=O. The molecule has 3 rings (SSSR count). The van der Waals surface area contributed by atoms with E-state index in [2.05, 4.69) is 36.9 Å². The molecule has 1 aromatic heterocycles. The number of hydrogen-bond donors (Lipinski definition) is 7. The molecule has 0 aliphatic rings. The van der Waals surface area contributed by atoms with Crippen molar-refractivity contribution in [2.45, 2.75) is 49.9 Å². The summed E-state index contributed by atoms with van der Waals surface area (Å²) in [6, 6.07) is 9.85. The molecule has 0 aliphatic carbocycles. The van der Waals surface area contributed by atoms with Crippen molar-refractivity contribution >= 4 is 68.2 Å². The van der Waals surface area contributed by atoms with Gasteiger partial charge in [0.15, 0.2) is 0 Å². The van der Waals surface area contributed by atoms with Gasteiger partial charge in [-0.1, -0.05) is 46.3 Å². The molecule has 4 amide bonds. The van der Waals surface area contributed by atoms with E-state index in [9.17, 15) is 29.1 Å². The number of thioether (sulfide) groups is 1. The van der Waals surface area contributed by atoms with E-state index in [1.807, 2.05) is 30.5 Å². The first-order valence-electron chi connectivity index (χ1n) is 13.4. The Morgan fingerprint density at radius 3 is 2.28 bits per heavy atom. The van der Waals surface area contributed by atoms with Crippen LogP contribution in [0, 0.1) is 0 Å². The summed E-state index contributed by atoms with van der Waals surface area (Å²) >= 11 is 4.78. The second-order valence-electron chi connectivity index (χ2n) is 9.97. The average Bonchev–Trinajstić information content (AvgIpc) is 3.36. The maximum atomic E-state index is 13.3. The zero-order chi connectivity index (χ0) is 31.5. The Kier molecular flexibility index (Phi) is 12.6. The third kappa shape index (κ3) is 10.1. The highest BCUT2D eigenvalue weighted by Crippen LogP contribution is 2.19. The third-order valence-corrected chi connectivity index (χ3v) is 7.83. The van der Waals surface area contributed by atoms with Gasteiger partial charge in [0.05, 0.1) is 12.5 Å². The molecular formula is C29H35BrN6O6S. The monoisotopic (exact) mass is 674 g/mol. The molecule has 4 atom stereocenters. The number of carbonyl (C=O) groups is 5. The Hall–Kier alpha value is -3.88. The number of benzene rings is 2. The van der Waals surface area contributed by atoms with Gasteiger partial charge in [0.2, 0.25) is 23.6 Å². The van der Waals surface area contributed by atoms with Crippen LogP contribution in [-0.4, -0.2) is 75.9 Å². The molecule has 1 heterocycles. The van der Waals surface area contributed by atoms with Crippen LogP contribution in [0.25, 0.3) is 10.9 Å². The molecule has 0 saturated heterocycles. The number of nitrogens with one attached hydrogen (secondary N) is 4. The van der Waals surface area contributed by atoms with Gasteiger partial charge >= 0.3 is 5.97 Å². The topological polar surface area (TPSA) is 209 Å². The predicted octanol–water partition coefficient (Wildman–Crippen LogP) is 1.21. The van der Waals surface area contributed by atoms with Crippen LogP contribution in [0.1, 0.15) is 24.0 Å². The van der Waals surface area contributed by atoms with E-state index in [4.69, 9.17) is 11.5 Å². The molecule has 0 fully saturated rings. The fraction of sp³-hybridized carbons (Fsp3) is 0.345. The first kappa shape index (κ1) is 33.6. The number of rotatable bonds is 16. The van der Waals surface area contributed by atoms with Gasteiger partial charge in [-0.3, -0.25) is 24.0 Å². The van der Waals surface area contributed by atoms with E-state index in [1.54, 1.807) is 30.5 Å². The summed E-state index contributed by atoms with van der Waals surface area (Å²) in [6.07, 6.45) is 3.31. The van der Waals surface area contributed by atoms with E-state index < -0.39 is 60.2 Å². The first-order chi connectivity index (χ1) is 20.5. The highest BCUT2D eigenvalue weighted by molar-refractivity contribution is 9.10. The zero-order valence-electron chi connectivity index (χ0n) is 23.5. The Bertz CT molecular complexity index is 1470. The maximum absolute atomic E-state index is 13.3. The highest BCUT2D eigenvalue weighted by atomic mass is 79.9. The van der Waals surface area contributed by atoms with Crippen molar-refractivity contribution in [2.24, 2.45) is 11.5 Å². The molecule has 9 N–H and O–H groups in total. The lowest BCUT2D eigenvalue weighted by molar-refractivity contribution is -0.141. The lowest BCUT2D eigenvalue weighted by Gasteiger charge is -2.25. The van der Waals surface area contributed by atoms with Crippen molar-refractivity contribution in [3.05, 3.63) is 70.3 Å². The van der Waals surface area contributed by atoms with Crippen LogP contribution in [0.2, 0.25) is 0 Å². The Morgan fingerprint density at radius 2 is 1.60 bits per heavy atom. The minimum atomic E-state index is -1.54. The number of para-hydroxylation sites is 1. The van der Waals surface area contributed by atoms with Gasteiger partial charge in [-0.15, -0.1) is 0 Å². The van der Waals surface area contributed by atoms with E-state index in [0.29, 0.717) is 11.3 Å². The van der Waals surface area contributed by atoms with Crippen molar-refractivity contribution in [2.75, 3.05) is 12.0 Å². The van der Waals surface area contributed by atoms with Crippen LogP contribution in [0.15, 0.2) is 59.2 Å². The number of halogens is 1. The van der Waals surface area contributed by atoms with Crippen LogP contribution in [0.3, 0.4) is 0 Å². The molecule has 0 aliphatic heterocycles. The smallest absolute Gasteiger partial charge is 0.305 e. The summed E-state index contributed by atoms with van der Waals surface area (Å²) in [5.41, 5.74) is 14.1. The van der Waals surface area contributed by atoms with Gasteiger partial charge < -0.3 is 37.5 Å². The minimum Gasteiger partial charge on any atom is -0.481 e. The van der Waals surface area contributed by atoms with Crippen LogP contribution in [0.4, 0.5) is 0 Å². The fourth-order valence-electron chi connectivity index (χ4n) is 4.46. The van der Waals surface area contributed by atoms with Crippen molar-refractivity contribution in [1.29, 1.82) is 0 Å². The third-order valence-electron chi connectivity index (χ3n) is 6.70. The van der Waals surface area contributed by atoms with Crippen molar-refractivity contribution in [3.63, 3.8) is 0 Å². The van der Waals surface area contributed by atoms with E-state index in [0.717, 1.165) is 20.9 Å². The van der Waals surface area contributed by atoms with Gasteiger partial charge in [-0.25, -0.2) is 0 Å². The lowest BCUT2D eigenvalue weighted by atomic mass is 10.0. The average molecular weight is 676 g/mol. The number of carbonyl (C=O) groups excluding carboxylic acids is 4. The van der Waals surface area contributed by atoms with Crippen molar-refractivity contribution in [1.82, 2.24) is 20.9 Å². The van der Waals surface area contributed by atoms with Gasteiger partial charge in [0.1, 0.15) is 18.1 Å². The number of hydrogen-bond acceptors (Lipinski definition) is 7. The van der Waals surface area contributed by atoms with Crippen molar-refractivity contribution in [3.8, 4) is 0 Å². The Labute approximate surface area is 261 Å². The number of H-pyrrole nitrogens is 1. The fourth-order valence-corrected chi connectivity index (χ4v) is 5.38. The Balaban J connectivity index is 1.70. The van der Waals surface area contributed by atoms with Crippen LogP contribution in [0.5, 0.6) is 0 Å². The van der Waals surface area contributed by atoms with Gasteiger partial charge in [-0.2, -0.15) is 11.8 Å². The molecule has 43 heavy (non-hydrogen) atoms.